The Kier molecular flexibility index (Phi) is 5.12. The maximum absolute atomic E-state index is 12.2. The summed E-state index contributed by atoms with van der Waals surface area (Å²) in [5.41, 5.74) is 0.891. The van der Waals surface area contributed by atoms with Gasteiger partial charge in [-0.15, -0.1) is 0 Å². The fourth-order valence-corrected chi connectivity index (χ4v) is 2.27. The number of hydrogen-bond donors (Lipinski definition) is 2. The molecular formula is C15H20N2O3. The molecule has 1 fully saturated rings. The van der Waals surface area contributed by atoms with Gasteiger partial charge < -0.3 is 15.4 Å². The lowest BCUT2D eigenvalue weighted by atomic mass is 10.0. The zero-order chi connectivity index (χ0) is 14.4. The van der Waals surface area contributed by atoms with Crippen LogP contribution >= 0.6 is 0 Å². The van der Waals surface area contributed by atoms with Crippen LogP contribution in [0.4, 0.5) is 5.69 Å². The van der Waals surface area contributed by atoms with Crippen LogP contribution in [0, 0.1) is 0 Å². The van der Waals surface area contributed by atoms with Crippen LogP contribution in [-0.2, 0) is 9.53 Å². The molecular weight excluding hydrogens is 256 g/mol. The van der Waals surface area contributed by atoms with Crippen molar-refractivity contribution in [2.75, 3.05) is 18.5 Å². The van der Waals surface area contributed by atoms with E-state index in [4.69, 9.17) is 4.74 Å². The number of carbonyl (C=O) groups excluding carboxylic acids is 2. The first-order valence-corrected chi connectivity index (χ1v) is 7.02. The predicted octanol–water partition coefficient (Wildman–Crippen LogP) is 1.94. The summed E-state index contributed by atoms with van der Waals surface area (Å²) in [7, 11) is 0. The highest BCUT2D eigenvalue weighted by Gasteiger charge is 2.22. The largest absolute Gasteiger partial charge is 0.462 e. The average Bonchev–Trinajstić information content (AvgIpc) is 2.49. The van der Waals surface area contributed by atoms with Gasteiger partial charge in [0.05, 0.1) is 23.9 Å². The van der Waals surface area contributed by atoms with Gasteiger partial charge in [-0.1, -0.05) is 18.6 Å². The van der Waals surface area contributed by atoms with Gasteiger partial charge in [0.25, 0.3) is 0 Å². The molecule has 0 aliphatic carbocycles. The Hall–Kier alpha value is -1.88. The molecule has 0 saturated carbocycles. The Morgan fingerprint density at radius 3 is 2.85 bits per heavy atom. The summed E-state index contributed by atoms with van der Waals surface area (Å²) in [4.78, 5) is 24.0. The van der Waals surface area contributed by atoms with Gasteiger partial charge in [-0.3, -0.25) is 4.79 Å². The molecule has 1 heterocycles. The second-order valence-electron chi connectivity index (χ2n) is 4.76. The van der Waals surface area contributed by atoms with Gasteiger partial charge in [-0.25, -0.2) is 4.79 Å². The minimum absolute atomic E-state index is 0.0959. The molecule has 2 N–H and O–H groups in total. The third kappa shape index (κ3) is 3.57. The van der Waals surface area contributed by atoms with E-state index in [1.54, 1.807) is 31.2 Å². The Labute approximate surface area is 118 Å². The molecule has 1 amide bonds. The Morgan fingerprint density at radius 2 is 2.15 bits per heavy atom. The van der Waals surface area contributed by atoms with Crippen molar-refractivity contribution in [1.82, 2.24) is 5.32 Å². The number of hydrogen-bond acceptors (Lipinski definition) is 4. The van der Waals surface area contributed by atoms with E-state index >= 15 is 0 Å². The van der Waals surface area contributed by atoms with E-state index in [2.05, 4.69) is 10.6 Å². The Balaban J connectivity index is 2.08. The molecule has 0 spiro atoms. The second kappa shape index (κ2) is 7.05. The minimum Gasteiger partial charge on any atom is -0.462 e. The van der Waals surface area contributed by atoms with E-state index in [0.717, 1.165) is 25.8 Å². The molecule has 0 radical (unpaired) electrons. The van der Waals surface area contributed by atoms with Crippen LogP contribution in [0.5, 0.6) is 0 Å². The summed E-state index contributed by atoms with van der Waals surface area (Å²) in [5, 5.41) is 6.00. The highest BCUT2D eigenvalue weighted by molar-refractivity contribution is 6.02. The number of esters is 1. The highest BCUT2D eigenvalue weighted by Crippen LogP contribution is 2.17. The average molecular weight is 276 g/mol. The summed E-state index contributed by atoms with van der Waals surface area (Å²) in [6, 6.07) is 6.72. The molecule has 1 aromatic rings. The molecule has 1 saturated heterocycles. The van der Waals surface area contributed by atoms with E-state index in [1.165, 1.54) is 0 Å². The molecule has 1 atom stereocenters. The van der Waals surface area contributed by atoms with Crippen molar-refractivity contribution in [3.05, 3.63) is 29.8 Å². The van der Waals surface area contributed by atoms with Crippen LogP contribution in [0.15, 0.2) is 24.3 Å². The molecule has 0 aromatic heterocycles. The van der Waals surface area contributed by atoms with Gasteiger partial charge in [0.2, 0.25) is 5.91 Å². The first-order chi connectivity index (χ1) is 9.72. The summed E-state index contributed by atoms with van der Waals surface area (Å²) >= 11 is 0. The number of benzene rings is 1. The van der Waals surface area contributed by atoms with Gasteiger partial charge in [-0.2, -0.15) is 0 Å². The van der Waals surface area contributed by atoms with Crippen LogP contribution < -0.4 is 10.6 Å². The molecule has 1 aliphatic heterocycles. The van der Waals surface area contributed by atoms with Crippen LogP contribution in [0.25, 0.3) is 0 Å². The number of piperidine rings is 1. The Bertz CT molecular complexity index is 482. The number of carbonyl (C=O) groups is 2. The number of para-hydroxylation sites is 1. The molecule has 0 bridgehead atoms. The molecule has 108 valence electrons. The zero-order valence-corrected chi connectivity index (χ0v) is 11.6. The van der Waals surface area contributed by atoms with Gasteiger partial charge in [0.1, 0.15) is 0 Å². The maximum atomic E-state index is 12.2. The van der Waals surface area contributed by atoms with Crippen LogP contribution in [0.1, 0.15) is 36.5 Å². The summed E-state index contributed by atoms with van der Waals surface area (Å²) < 4.78 is 4.99. The topological polar surface area (TPSA) is 67.4 Å². The van der Waals surface area contributed by atoms with Gasteiger partial charge in [0, 0.05) is 0 Å². The van der Waals surface area contributed by atoms with Crippen molar-refractivity contribution < 1.29 is 14.3 Å². The third-order valence-corrected chi connectivity index (χ3v) is 3.31. The number of nitrogens with one attached hydrogen (secondary N) is 2. The van der Waals surface area contributed by atoms with Gasteiger partial charge in [0.15, 0.2) is 0 Å². The van der Waals surface area contributed by atoms with E-state index in [1.807, 2.05) is 0 Å². The molecule has 1 aromatic carbocycles. The number of ether oxygens (including phenoxy) is 1. The molecule has 20 heavy (non-hydrogen) atoms. The smallest absolute Gasteiger partial charge is 0.340 e. The maximum Gasteiger partial charge on any atom is 0.340 e. The number of amides is 1. The number of rotatable bonds is 4. The number of anilines is 1. The van der Waals surface area contributed by atoms with Gasteiger partial charge in [-0.05, 0) is 38.4 Å². The fourth-order valence-electron chi connectivity index (χ4n) is 2.27. The van der Waals surface area contributed by atoms with Crippen molar-refractivity contribution in [1.29, 1.82) is 0 Å². The molecule has 5 nitrogen and oxygen atoms in total. The fraction of sp³-hybridized carbons (Fsp3) is 0.467. The summed E-state index contributed by atoms with van der Waals surface area (Å²) in [5.74, 6) is -0.513. The van der Waals surface area contributed by atoms with E-state index in [0.29, 0.717) is 17.9 Å². The van der Waals surface area contributed by atoms with Gasteiger partial charge >= 0.3 is 5.97 Å². The second-order valence-corrected chi connectivity index (χ2v) is 4.76. The van der Waals surface area contributed by atoms with Crippen molar-refractivity contribution in [2.24, 2.45) is 0 Å². The van der Waals surface area contributed by atoms with Crippen molar-refractivity contribution in [2.45, 2.75) is 32.2 Å². The Morgan fingerprint density at radius 1 is 1.35 bits per heavy atom. The van der Waals surface area contributed by atoms with E-state index in [9.17, 15) is 9.59 Å². The van der Waals surface area contributed by atoms with Crippen LogP contribution in [0.2, 0.25) is 0 Å². The van der Waals surface area contributed by atoms with Crippen LogP contribution in [0.3, 0.4) is 0 Å². The molecule has 2 rings (SSSR count). The molecule has 5 heteroatoms. The zero-order valence-electron chi connectivity index (χ0n) is 11.6. The quantitative estimate of drug-likeness (QED) is 0.825. The third-order valence-electron chi connectivity index (χ3n) is 3.31. The monoisotopic (exact) mass is 276 g/mol. The summed E-state index contributed by atoms with van der Waals surface area (Å²) in [6.07, 6.45) is 2.97. The van der Waals surface area contributed by atoms with Crippen molar-refractivity contribution >= 4 is 17.6 Å². The lowest BCUT2D eigenvalue weighted by Crippen LogP contribution is -2.43. The van der Waals surface area contributed by atoms with Crippen molar-refractivity contribution in [3.8, 4) is 0 Å². The normalized spacial score (nSPS) is 18.4. The first-order valence-electron chi connectivity index (χ1n) is 7.02. The predicted molar refractivity (Wildman–Crippen MR) is 76.7 cm³/mol. The van der Waals surface area contributed by atoms with Crippen LogP contribution in [-0.4, -0.2) is 31.1 Å². The standard InChI is InChI=1S/C15H20N2O3/c1-2-20-15(19)11-7-3-4-8-12(11)17-14(18)13-9-5-6-10-16-13/h3-4,7-8,13,16H,2,5-6,9-10H2,1H3,(H,17,18)/t13-/m1/s1. The van der Waals surface area contributed by atoms with E-state index in [-0.39, 0.29) is 11.9 Å². The first kappa shape index (κ1) is 14.5. The lowest BCUT2D eigenvalue weighted by molar-refractivity contribution is -0.118. The SMILES string of the molecule is CCOC(=O)c1ccccc1NC(=O)[C@H]1CCCCN1. The molecule has 1 aliphatic rings. The highest BCUT2D eigenvalue weighted by atomic mass is 16.5. The minimum atomic E-state index is -0.417. The molecule has 0 unspecified atom stereocenters. The lowest BCUT2D eigenvalue weighted by Gasteiger charge is -2.23. The summed E-state index contributed by atoms with van der Waals surface area (Å²) in [6.45, 7) is 2.92. The van der Waals surface area contributed by atoms with Crippen molar-refractivity contribution in [3.63, 3.8) is 0 Å². The van der Waals surface area contributed by atoms with E-state index < -0.39 is 5.97 Å².